The maximum absolute atomic E-state index is 12.5. The molecule has 2 N–H and O–H groups in total. The Morgan fingerprint density at radius 3 is 2.43 bits per heavy atom. The minimum Gasteiger partial charge on any atom is -0.480 e. The number of nitrogens with one attached hydrogen (secondary N) is 1. The van der Waals surface area contributed by atoms with Gasteiger partial charge in [0.15, 0.2) is 0 Å². The van der Waals surface area contributed by atoms with Crippen LogP contribution >= 0.6 is 0 Å². The first-order valence-corrected chi connectivity index (χ1v) is 6.17. The molecule has 1 heterocycles. The summed E-state index contributed by atoms with van der Waals surface area (Å²) in [4.78, 5) is 26.2. The normalized spacial score (nSPS) is 13.0. The van der Waals surface area contributed by atoms with E-state index >= 15 is 0 Å². The molecule has 5 nitrogen and oxygen atoms in total. The monoisotopic (exact) mass is 304 g/mol. The molecule has 0 radical (unpaired) electrons. The van der Waals surface area contributed by atoms with Crippen molar-refractivity contribution in [1.29, 1.82) is 0 Å². The molecule has 0 fully saturated rings. The third-order valence-electron chi connectivity index (χ3n) is 2.64. The maximum Gasteiger partial charge on any atom is 0.417 e. The number of carboxylic acids is 1. The molecule has 1 aromatic heterocycles. The fourth-order valence-corrected chi connectivity index (χ4v) is 1.65. The summed E-state index contributed by atoms with van der Waals surface area (Å²) >= 11 is 0. The number of aromatic nitrogens is 1. The Hall–Kier alpha value is -2.12. The zero-order valence-electron chi connectivity index (χ0n) is 11.4. The van der Waals surface area contributed by atoms with E-state index in [1.54, 1.807) is 13.8 Å². The highest BCUT2D eigenvalue weighted by atomic mass is 19.4. The van der Waals surface area contributed by atoms with Gasteiger partial charge in [0.05, 0.1) is 11.1 Å². The Kier molecular flexibility index (Phi) is 5.28. The lowest BCUT2D eigenvalue weighted by atomic mass is 10.0. The van der Waals surface area contributed by atoms with Gasteiger partial charge in [0.1, 0.15) is 6.04 Å². The van der Waals surface area contributed by atoms with Gasteiger partial charge in [-0.3, -0.25) is 9.78 Å². The first-order valence-electron chi connectivity index (χ1n) is 6.17. The van der Waals surface area contributed by atoms with Crippen molar-refractivity contribution < 1.29 is 27.9 Å². The van der Waals surface area contributed by atoms with E-state index in [0.29, 0.717) is 12.3 Å². The highest BCUT2D eigenvalue weighted by Crippen LogP contribution is 2.28. The van der Waals surface area contributed by atoms with Crippen LogP contribution in [-0.4, -0.2) is 28.0 Å². The Bertz CT molecular complexity index is 530. The van der Waals surface area contributed by atoms with Crippen LogP contribution in [0.1, 0.15) is 36.2 Å². The van der Waals surface area contributed by atoms with Crippen LogP contribution in [0, 0.1) is 5.92 Å². The van der Waals surface area contributed by atoms with Gasteiger partial charge >= 0.3 is 12.1 Å². The number of alkyl halides is 3. The van der Waals surface area contributed by atoms with Crippen molar-refractivity contribution in [2.75, 3.05) is 0 Å². The van der Waals surface area contributed by atoms with Crippen molar-refractivity contribution in [3.05, 3.63) is 29.6 Å². The van der Waals surface area contributed by atoms with E-state index in [1.807, 2.05) is 0 Å². The first-order chi connectivity index (χ1) is 9.61. The van der Waals surface area contributed by atoms with Gasteiger partial charge in [-0.2, -0.15) is 13.2 Å². The number of rotatable bonds is 5. The fourth-order valence-electron chi connectivity index (χ4n) is 1.65. The van der Waals surface area contributed by atoms with Crippen LogP contribution < -0.4 is 5.32 Å². The number of halogens is 3. The van der Waals surface area contributed by atoms with Crippen molar-refractivity contribution in [2.24, 2.45) is 5.92 Å². The quantitative estimate of drug-likeness (QED) is 0.875. The molecule has 0 aromatic carbocycles. The van der Waals surface area contributed by atoms with Gasteiger partial charge in [-0.15, -0.1) is 0 Å². The number of hydrogen-bond acceptors (Lipinski definition) is 3. The second-order valence-corrected chi connectivity index (χ2v) is 4.95. The summed E-state index contributed by atoms with van der Waals surface area (Å²) in [5, 5.41) is 11.2. The smallest absolute Gasteiger partial charge is 0.417 e. The summed E-state index contributed by atoms with van der Waals surface area (Å²) in [5.74, 6) is -2.13. The lowest BCUT2D eigenvalue weighted by Crippen LogP contribution is -2.41. The molecular weight excluding hydrogens is 289 g/mol. The number of carboxylic acid groups (broad SMARTS) is 1. The number of pyridine rings is 1. The minimum atomic E-state index is -4.62. The SMILES string of the molecule is CC(C)CC(NC(=O)c1cncc(C(F)(F)F)c1)C(=O)O. The summed E-state index contributed by atoms with van der Waals surface area (Å²) < 4.78 is 37.6. The van der Waals surface area contributed by atoms with E-state index < -0.39 is 29.7 Å². The number of carbonyl (C=O) groups excluding carboxylic acids is 1. The van der Waals surface area contributed by atoms with Crippen molar-refractivity contribution in [3.8, 4) is 0 Å². The van der Waals surface area contributed by atoms with E-state index in [2.05, 4.69) is 10.3 Å². The number of amides is 1. The topological polar surface area (TPSA) is 79.3 Å². The first kappa shape index (κ1) is 16.9. The van der Waals surface area contributed by atoms with Crippen molar-refractivity contribution in [1.82, 2.24) is 10.3 Å². The Morgan fingerprint density at radius 2 is 1.95 bits per heavy atom. The molecule has 0 aliphatic heterocycles. The molecule has 21 heavy (non-hydrogen) atoms. The van der Waals surface area contributed by atoms with Crippen LogP contribution in [-0.2, 0) is 11.0 Å². The molecule has 0 saturated carbocycles. The van der Waals surface area contributed by atoms with E-state index in [4.69, 9.17) is 5.11 Å². The van der Waals surface area contributed by atoms with Crippen LogP contribution in [0.5, 0.6) is 0 Å². The van der Waals surface area contributed by atoms with Crippen molar-refractivity contribution in [2.45, 2.75) is 32.5 Å². The molecule has 1 atom stereocenters. The molecular formula is C13H15F3N2O3. The van der Waals surface area contributed by atoms with E-state index in [1.165, 1.54) is 0 Å². The van der Waals surface area contributed by atoms with E-state index in [-0.39, 0.29) is 17.9 Å². The average molecular weight is 304 g/mol. The van der Waals surface area contributed by atoms with Gasteiger partial charge in [-0.25, -0.2) is 4.79 Å². The Morgan fingerprint density at radius 1 is 1.33 bits per heavy atom. The standard InChI is InChI=1S/C13H15F3N2O3/c1-7(2)3-10(12(20)21)18-11(19)8-4-9(6-17-5-8)13(14,15)16/h4-7,10H,3H2,1-2H3,(H,18,19)(H,20,21). The van der Waals surface area contributed by atoms with Crippen molar-refractivity contribution >= 4 is 11.9 Å². The largest absolute Gasteiger partial charge is 0.480 e. The molecule has 0 saturated heterocycles. The van der Waals surface area contributed by atoms with Gasteiger partial charge in [-0.1, -0.05) is 13.8 Å². The third-order valence-corrected chi connectivity index (χ3v) is 2.64. The lowest BCUT2D eigenvalue weighted by molar-refractivity contribution is -0.140. The lowest BCUT2D eigenvalue weighted by Gasteiger charge is -2.16. The van der Waals surface area contributed by atoms with Gasteiger partial charge in [0.25, 0.3) is 5.91 Å². The molecule has 1 unspecified atom stereocenters. The van der Waals surface area contributed by atoms with Crippen LogP contribution in [0.15, 0.2) is 18.5 Å². The molecule has 8 heteroatoms. The second kappa shape index (κ2) is 6.55. The van der Waals surface area contributed by atoms with Gasteiger partial charge in [-0.05, 0) is 18.4 Å². The summed E-state index contributed by atoms with van der Waals surface area (Å²) in [6.45, 7) is 3.54. The highest BCUT2D eigenvalue weighted by Gasteiger charge is 2.32. The average Bonchev–Trinajstić information content (AvgIpc) is 2.36. The van der Waals surface area contributed by atoms with Gasteiger partial charge < -0.3 is 10.4 Å². The Balaban J connectivity index is 2.90. The molecule has 116 valence electrons. The van der Waals surface area contributed by atoms with Crippen molar-refractivity contribution in [3.63, 3.8) is 0 Å². The zero-order chi connectivity index (χ0) is 16.2. The predicted octanol–water partition coefficient (Wildman–Crippen LogP) is 2.33. The van der Waals surface area contributed by atoms with Crippen LogP contribution in [0.25, 0.3) is 0 Å². The number of aliphatic carboxylic acids is 1. The van der Waals surface area contributed by atoms with E-state index in [0.717, 1.165) is 6.20 Å². The predicted molar refractivity (Wildman–Crippen MR) is 67.6 cm³/mol. The van der Waals surface area contributed by atoms with Crippen LogP contribution in [0.3, 0.4) is 0 Å². The number of carbonyl (C=O) groups is 2. The molecule has 0 spiro atoms. The molecule has 1 amide bonds. The number of nitrogens with zero attached hydrogens (tertiary/aromatic N) is 1. The van der Waals surface area contributed by atoms with Gasteiger partial charge in [0.2, 0.25) is 0 Å². The summed E-state index contributed by atoms with van der Waals surface area (Å²) in [5.41, 5.74) is -1.40. The minimum absolute atomic E-state index is 0.00559. The van der Waals surface area contributed by atoms with E-state index in [9.17, 15) is 22.8 Å². The highest BCUT2D eigenvalue weighted by molar-refractivity contribution is 5.96. The zero-order valence-corrected chi connectivity index (χ0v) is 11.4. The second-order valence-electron chi connectivity index (χ2n) is 4.95. The van der Waals surface area contributed by atoms with Crippen LogP contribution in [0.4, 0.5) is 13.2 Å². The summed E-state index contributed by atoms with van der Waals surface area (Å²) in [6, 6.07) is -0.525. The maximum atomic E-state index is 12.5. The van der Waals surface area contributed by atoms with Crippen LogP contribution in [0.2, 0.25) is 0 Å². The third kappa shape index (κ3) is 5.05. The Labute approximate surface area is 119 Å². The number of hydrogen-bond donors (Lipinski definition) is 2. The molecule has 1 rings (SSSR count). The fraction of sp³-hybridized carbons (Fsp3) is 0.462. The molecule has 0 bridgehead atoms. The molecule has 1 aromatic rings. The molecule has 0 aliphatic carbocycles. The van der Waals surface area contributed by atoms with Gasteiger partial charge in [0, 0.05) is 12.4 Å². The summed E-state index contributed by atoms with van der Waals surface area (Å²) in [6.07, 6.45) is -2.89. The summed E-state index contributed by atoms with van der Waals surface area (Å²) in [7, 11) is 0. The molecule has 0 aliphatic rings.